The smallest absolute Gasteiger partial charge is 0.259 e. The third-order valence-corrected chi connectivity index (χ3v) is 6.97. The monoisotopic (exact) mass is 442 g/mol. The normalized spacial score (nSPS) is 12.4. The quantitative estimate of drug-likeness (QED) is 0.404. The third-order valence-electron chi connectivity index (χ3n) is 5.76. The Hall–Kier alpha value is -3.64. The molecule has 5 rings (SSSR count). The number of hydrogen-bond donors (Lipinski definition) is 2. The molecule has 0 atom stereocenters. The summed E-state index contributed by atoms with van der Waals surface area (Å²) in [7, 11) is 1.57. The molecule has 0 fully saturated rings. The molecule has 6 heteroatoms. The molecule has 1 aliphatic carbocycles. The van der Waals surface area contributed by atoms with Crippen molar-refractivity contribution in [1.29, 1.82) is 0 Å². The lowest BCUT2D eigenvalue weighted by Gasteiger charge is -2.12. The van der Waals surface area contributed by atoms with E-state index in [2.05, 4.69) is 10.6 Å². The van der Waals surface area contributed by atoms with Gasteiger partial charge in [0.2, 0.25) is 0 Å². The van der Waals surface area contributed by atoms with Gasteiger partial charge in [0.05, 0.1) is 18.4 Å². The molecule has 0 bridgehead atoms. The lowest BCUT2D eigenvalue weighted by atomic mass is 10.0. The minimum absolute atomic E-state index is 0.215. The van der Waals surface area contributed by atoms with Crippen LogP contribution >= 0.6 is 11.3 Å². The molecule has 5 nitrogen and oxygen atoms in total. The predicted molar refractivity (Wildman–Crippen MR) is 129 cm³/mol. The second-order valence-electron chi connectivity index (χ2n) is 7.70. The van der Waals surface area contributed by atoms with Crippen LogP contribution in [0.1, 0.15) is 37.6 Å². The van der Waals surface area contributed by atoms with Crippen LogP contribution in [0.25, 0.3) is 10.8 Å². The Morgan fingerprint density at radius 2 is 1.66 bits per heavy atom. The molecule has 2 amide bonds. The van der Waals surface area contributed by atoms with Crippen LogP contribution in [0.3, 0.4) is 0 Å². The summed E-state index contributed by atoms with van der Waals surface area (Å²) < 4.78 is 5.37. The van der Waals surface area contributed by atoms with E-state index in [9.17, 15) is 9.59 Å². The maximum atomic E-state index is 13.3. The Bertz CT molecular complexity index is 1340. The van der Waals surface area contributed by atoms with Crippen LogP contribution in [0.5, 0.6) is 5.75 Å². The van der Waals surface area contributed by atoms with Crippen molar-refractivity contribution in [2.75, 3.05) is 17.7 Å². The maximum absolute atomic E-state index is 13.3. The number of para-hydroxylation sites is 2. The van der Waals surface area contributed by atoms with E-state index in [0.29, 0.717) is 27.6 Å². The van der Waals surface area contributed by atoms with Crippen molar-refractivity contribution in [3.05, 3.63) is 88.3 Å². The highest BCUT2D eigenvalue weighted by atomic mass is 32.1. The summed E-state index contributed by atoms with van der Waals surface area (Å²) >= 11 is 1.50. The average molecular weight is 443 g/mol. The van der Waals surface area contributed by atoms with Gasteiger partial charge in [-0.05, 0) is 53.8 Å². The van der Waals surface area contributed by atoms with Crippen molar-refractivity contribution >= 4 is 44.6 Å². The number of rotatable bonds is 5. The third kappa shape index (κ3) is 3.63. The number of hydrogen-bond acceptors (Lipinski definition) is 4. The van der Waals surface area contributed by atoms with Gasteiger partial charge >= 0.3 is 0 Å². The number of benzene rings is 3. The Kier molecular flexibility index (Phi) is 5.37. The van der Waals surface area contributed by atoms with Crippen LogP contribution < -0.4 is 15.4 Å². The van der Waals surface area contributed by atoms with Gasteiger partial charge in [-0.15, -0.1) is 11.3 Å². The summed E-state index contributed by atoms with van der Waals surface area (Å²) in [5.74, 6) is 0.143. The fraction of sp³-hybridized carbons (Fsp3) is 0.154. The number of aryl methyl sites for hydroxylation is 1. The Balaban J connectivity index is 1.49. The zero-order valence-corrected chi connectivity index (χ0v) is 18.4. The zero-order chi connectivity index (χ0) is 22.1. The first-order valence-electron chi connectivity index (χ1n) is 10.5. The molecule has 1 heterocycles. The van der Waals surface area contributed by atoms with Crippen molar-refractivity contribution in [1.82, 2.24) is 0 Å². The van der Waals surface area contributed by atoms with Gasteiger partial charge in [0, 0.05) is 10.4 Å². The highest BCUT2D eigenvalue weighted by molar-refractivity contribution is 7.17. The van der Waals surface area contributed by atoms with Gasteiger partial charge < -0.3 is 15.4 Å². The summed E-state index contributed by atoms with van der Waals surface area (Å²) in [6, 6.07) is 20.8. The van der Waals surface area contributed by atoms with Gasteiger partial charge in [-0.3, -0.25) is 9.59 Å². The molecule has 32 heavy (non-hydrogen) atoms. The molecule has 0 spiro atoms. The Morgan fingerprint density at radius 3 is 2.53 bits per heavy atom. The highest BCUT2D eigenvalue weighted by Gasteiger charge is 2.28. The van der Waals surface area contributed by atoms with Crippen molar-refractivity contribution in [3.63, 3.8) is 0 Å². The second-order valence-corrected chi connectivity index (χ2v) is 8.80. The number of methoxy groups -OCH3 is 1. The summed E-state index contributed by atoms with van der Waals surface area (Å²) in [4.78, 5) is 27.7. The van der Waals surface area contributed by atoms with Crippen molar-refractivity contribution in [2.24, 2.45) is 0 Å². The van der Waals surface area contributed by atoms with E-state index in [0.717, 1.165) is 35.6 Å². The van der Waals surface area contributed by atoms with Gasteiger partial charge in [0.1, 0.15) is 10.8 Å². The summed E-state index contributed by atoms with van der Waals surface area (Å²) in [5.41, 5.74) is 2.79. The van der Waals surface area contributed by atoms with Crippen LogP contribution in [0.4, 0.5) is 10.7 Å². The first kappa shape index (κ1) is 20.3. The van der Waals surface area contributed by atoms with Crippen molar-refractivity contribution < 1.29 is 14.3 Å². The lowest BCUT2D eigenvalue weighted by Crippen LogP contribution is -2.18. The van der Waals surface area contributed by atoms with E-state index in [4.69, 9.17) is 4.74 Å². The van der Waals surface area contributed by atoms with Gasteiger partial charge in [0.25, 0.3) is 11.8 Å². The van der Waals surface area contributed by atoms with Gasteiger partial charge in [0.15, 0.2) is 0 Å². The van der Waals surface area contributed by atoms with E-state index >= 15 is 0 Å². The Labute approximate surface area is 190 Å². The first-order valence-corrected chi connectivity index (χ1v) is 11.4. The second kappa shape index (κ2) is 8.48. The van der Waals surface area contributed by atoms with Crippen LogP contribution in [-0.2, 0) is 12.8 Å². The number of carbonyl (C=O) groups excluding carboxylic acids is 2. The molecule has 4 aromatic rings. The SMILES string of the molecule is COc1ccccc1NC(=O)c1c(NC(=O)c2cccc3ccccc23)sc2c1CCC2. The molecule has 3 aromatic carbocycles. The summed E-state index contributed by atoms with van der Waals surface area (Å²) in [5, 5.41) is 8.48. The standard InChI is InChI=1S/C26H22N2O3S/c1-31-21-14-5-4-13-20(21)27-25(30)23-19-12-7-15-22(19)32-26(23)28-24(29)18-11-6-9-16-8-2-3-10-17(16)18/h2-6,8-11,13-14H,7,12,15H2,1H3,(H,27,30)(H,28,29). The van der Waals surface area contributed by atoms with Crippen LogP contribution in [-0.4, -0.2) is 18.9 Å². The van der Waals surface area contributed by atoms with Gasteiger partial charge in [-0.25, -0.2) is 0 Å². The molecule has 0 saturated carbocycles. The fourth-order valence-corrected chi connectivity index (χ4v) is 5.54. The van der Waals surface area contributed by atoms with E-state index in [1.807, 2.05) is 54.6 Å². The number of fused-ring (bicyclic) bond motifs is 2. The number of amides is 2. The predicted octanol–water partition coefficient (Wildman–Crippen LogP) is 5.90. The van der Waals surface area contributed by atoms with Gasteiger partial charge in [-0.1, -0.05) is 48.5 Å². The molecule has 0 radical (unpaired) electrons. The highest BCUT2D eigenvalue weighted by Crippen LogP contribution is 2.40. The molecule has 0 unspecified atom stereocenters. The van der Waals surface area contributed by atoms with E-state index < -0.39 is 0 Å². The van der Waals surface area contributed by atoms with Crippen molar-refractivity contribution in [3.8, 4) is 5.75 Å². The topological polar surface area (TPSA) is 67.4 Å². The average Bonchev–Trinajstić information content (AvgIpc) is 3.39. The number of thiophene rings is 1. The van der Waals surface area contributed by atoms with Crippen LogP contribution in [0.15, 0.2) is 66.7 Å². The molecule has 0 aliphatic heterocycles. The van der Waals surface area contributed by atoms with Crippen molar-refractivity contribution in [2.45, 2.75) is 19.3 Å². The van der Waals surface area contributed by atoms with E-state index in [1.165, 1.54) is 16.2 Å². The van der Waals surface area contributed by atoms with Crippen LogP contribution in [0.2, 0.25) is 0 Å². The molecule has 1 aliphatic rings. The molecule has 0 saturated heterocycles. The molecular weight excluding hydrogens is 420 g/mol. The first-order chi connectivity index (χ1) is 15.7. The molecule has 160 valence electrons. The van der Waals surface area contributed by atoms with Gasteiger partial charge in [-0.2, -0.15) is 0 Å². The lowest BCUT2D eigenvalue weighted by molar-refractivity contribution is 0.102. The summed E-state index contributed by atoms with van der Waals surface area (Å²) in [6.45, 7) is 0. The molecule has 1 aromatic heterocycles. The van der Waals surface area contributed by atoms with Crippen LogP contribution in [0, 0.1) is 0 Å². The van der Waals surface area contributed by atoms with E-state index in [-0.39, 0.29) is 11.8 Å². The minimum atomic E-state index is -0.234. The fourth-order valence-electron chi connectivity index (χ4n) is 4.26. The summed E-state index contributed by atoms with van der Waals surface area (Å²) in [6.07, 6.45) is 2.79. The minimum Gasteiger partial charge on any atom is -0.495 e. The Morgan fingerprint density at radius 1 is 0.875 bits per heavy atom. The molecule has 2 N–H and O–H groups in total. The number of ether oxygens (including phenoxy) is 1. The number of carbonyl (C=O) groups is 2. The number of anilines is 2. The zero-order valence-electron chi connectivity index (χ0n) is 17.6. The molecular formula is C26H22N2O3S. The van der Waals surface area contributed by atoms with E-state index in [1.54, 1.807) is 19.2 Å². The maximum Gasteiger partial charge on any atom is 0.259 e. The number of nitrogens with one attached hydrogen (secondary N) is 2. The largest absolute Gasteiger partial charge is 0.495 e.